The third kappa shape index (κ3) is 2.19. The Morgan fingerprint density at radius 2 is 2.05 bits per heavy atom. The highest BCUT2D eigenvalue weighted by Crippen LogP contribution is 2.17. The second-order valence-electron chi connectivity index (χ2n) is 4.42. The molecule has 0 spiro atoms. The zero-order valence-corrected chi connectivity index (χ0v) is 10.2. The first-order chi connectivity index (χ1) is 9.13. The fraction of sp³-hybridized carbons (Fsp3) is 0.143. The maximum absolute atomic E-state index is 13.6. The van der Waals surface area contributed by atoms with Crippen molar-refractivity contribution in [1.82, 2.24) is 15.0 Å². The summed E-state index contributed by atoms with van der Waals surface area (Å²) in [7, 11) is 0. The number of fused-ring (bicyclic) bond motifs is 1. The summed E-state index contributed by atoms with van der Waals surface area (Å²) in [5.41, 5.74) is 2.89. The third-order valence-electron chi connectivity index (χ3n) is 3.02. The van der Waals surface area contributed by atoms with E-state index in [-0.39, 0.29) is 6.42 Å². The monoisotopic (exact) mass is 259 g/mol. The first-order valence-electron chi connectivity index (χ1n) is 5.87. The molecule has 0 aliphatic rings. The van der Waals surface area contributed by atoms with E-state index < -0.39 is 11.6 Å². The van der Waals surface area contributed by atoms with E-state index in [9.17, 15) is 8.78 Å². The molecule has 2 heterocycles. The maximum Gasteiger partial charge on any atom is 0.177 e. The molecule has 0 saturated heterocycles. The van der Waals surface area contributed by atoms with Crippen molar-refractivity contribution in [1.29, 1.82) is 0 Å². The smallest absolute Gasteiger partial charge is 0.177 e. The van der Waals surface area contributed by atoms with Crippen molar-refractivity contribution in [2.24, 2.45) is 0 Å². The van der Waals surface area contributed by atoms with Crippen molar-refractivity contribution in [2.45, 2.75) is 13.3 Å². The van der Waals surface area contributed by atoms with E-state index in [2.05, 4.69) is 15.0 Å². The van der Waals surface area contributed by atoms with Crippen molar-refractivity contribution in [3.05, 3.63) is 59.0 Å². The first-order valence-corrected chi connectivity index (χ1v) is 5.87. The zero-order chi connectivity index (χ0) is 13.4. The second kappa shape index (κ2) is 4.42. The van der Waals surface area contributed by atoms with Crippen LogP contribution in [0.3, 0.4) is 0 Å². The minimum absolute atomic E-state index is 0.280. The summed E-state index contributed by atoms with van der Waals surface area (Å²) in [6, 6.07) is 5.42. The van der Waals surface area contributed by atoms with Gasteiger partial charge in [0.1, 0.15) is 17.5 Å². The number of benzene rings is 1. The second-order valence-corrected chi connectivity index (χ2v) is 4.42. The summed E-state index contributed by atoms with van der Waals surface area (Å²) >= 11 is 0. The van der Waals surface area contributed by atoms with Crippen LogP contribution in [0.5, 0.6) is 0 Å². The van der Waals surface area contributed by atoms with Crippen LogP contribution in [-0.4, -0.2) is 15.0 Å². The SMILES string of the molecule is Cc1ccnc2nc(Cc3ccc(F)cc3F)[nH]c12. The number of aryl methyl sites for hydroxylation is 1. The van der Waals surface area contributed by atoms with Gasteiger partial charge in [0.05, 0.1) is 5.52 Å². The Kier molecular flexibility index (Phi) is 2.74. The molecule has 0 aliphatic heterocycles. The lowest BCUT2D eigenvalue weighted by Gasteiger charge is -2.00. The molecular weight excluding hydrogens is 248 g/mol. The molecule has 3 rings (SSSR count). The lowest BCUT2D eigenvalue weighted by atomic mass is 10.1. The molecule has 0 atom stereocenters. The molecule has 96 valence electrons. The zero-order valence-electron chi connectivity index (χ0n) is 10.2. The lowest BCUT2D eigenvalue weighted by molar-refractivity contribution is 0.574. The largest absolute Gasteiger partial charge is 0.340 e. The summed E-state index contributed by atoms with van der Waals surface area (Å²) in [6.45, 7) is 1.95. The fourth-order valence-corrected chi connectivity index (χ4v) is 2.01. The summed E-state index contributed by atoms with van der Waals surface area (Å²) in [5.74, 6) is -0.532. The van der Waals surface area contributed by atoms with Crippen LogP contribution < -0.4 is 0 Å². The van der Waals surface area contributed by atoms with Gasteiger partial charge in [0.15, 0.2) is 5.65 Å². The van der Waals surface area contributed by atoms with Crippen LogP contribution in [0.1, 0.15) is 17.0 Å². The molecule has 5 heteroatoms. The molecule has 0 amide bonds. The topological polar surface area (TPSA) is 41.6 Å². The van der Waals surface area contributed by atoms with Crippen LogP contribution in [0.4, 0.5) is 8.78 Å². The summed E-state index contributed by atoms with van der Waals surface area (Å²) in [5, 5.41) is 0. The predicted molar refractivity (Wildman–Crippen MR) is 67.8 cm³/mol. The minimum Gasteiger partial charge on any atom is -0.340 e. The molecule has 3 aromatic rings. The molecule has 3 nitrogen and oxygen atoms in total. The number of halogens is 2. The van der Waals surface area contributed by atoms with E-state index in [1.807, 2.05) is 13.0 Å². The normalized spacial score (nSPS) is 11.1. The molecule has 0 fully saturated rings. The number of imidazole rings is 1. The van der Waals surface area contributed by atoms with Gasteiger partial charge in [-0.3, -0.25) is 0 Å². The average Bonchev–Trinajstić information content (AvgIpc) is 2.77. The summed E-state index contributed by atoms with van der Waals surface area (Å²) < 4.78 is 26.4. The van der Waals surface area contributed by atoms with Gasteiger partial charge in [-0.25, -0.2) is 18.7 Å². The van der Waals surface area contributed by atoms with E-state index in [1.54, 1.807) is 6.20 Å². The number of nitrogens with one attached hydrogen (secondary N) is 1. The number of aromatic nitrogens is 3. The lowest BCUT2D eigenvalue weighted by Crippen LogP contribution is -1.95. The van der Waals surface area contributed by atoms with Gasteiger partial charge in [-0.2, -0.15) is 0 Å². The maximum atomic E-state index is 13.6. The predicted octanol–water partition coefficient (Wildman–Crippen LogP) is 3.14. The molecule has 19 heavy (non-hydrogen) atoms. The molecule has 1 N–H and O–H groups in total. The van der Waals surface area contributed by atoms with Crippen molar-refractivity contribution < 1.29 is 8.78 Å². The Balaban J connectivity index is 1.99. The van der Waals surface area contributed by atoms with Crippen molar-refractivity contribution in [3.8, 4) is 0 Å². The molecule has 2 aromatic heterocycles. The van der Waals surface area contributed by atoms with Gasteiger partial charge in [0, 0.05) is 18.7 Å². The Hall–Kier alpha value is -2.30. The third-order valence-corrected chi connectivity index (χ3v) is 3.02. The molecule has 0 aliphatic carbocycles. The highest BCUT2D eigenvalue weighted by Gasteiger charge is 2.09. The van der Waals surface area contributed by atoms with Crippen LogP contribution in [-0.2, 0) is 6.42 Å². The first kappa shape index (κ1) is 11.8. The number of rotatable bonds is 2. The Labute approximate surface area is 108 Å². The van der Waals surface area contributed by atoms with Crippen LogP contribution in [0, 0.1) is 18.6 Å². The Morgan fingerprint density at radius 3 is 2.79 bits per heavy atom. The van der Waals surface area contributed by atoms with E-state index in [0.29, 0.717) is 17.0 Å². The molecular formula is C14H11F2N3. The van der Waals surface area contributed by atoms with E-state index in [0.717, 1.165) is 17.1 Å². The van der Waals surface area contributed by atoms with Crippen molar-refractivity contribution >= 4 is 11.2 Å². The van der Waals surface area contributed by atoms with Crippen LogP contribution in [0.2, 0.25) is 0 Å². The number of hydrogen-bond acceptors (Lipinski definition) is 2. The van der Waals surface area contributed by atoms with Gasteiger partial charge in [-0.05, 0) is 30.2 Å². The highest BCUT2D eigenvalue weighted by atomic mass is 19.1. The molecule has 1 aromatic carbocycles. The van der Waals surface area contributed by atoms with E-state index in [4.69, 9.17) is 0 Å². The van der Waals surface area contributed by atoms with Crippen LogP contribution in [0.15, 0.2) is 30.5 Å². The number of nitrogens with zero attached hydrogens (tertiary/aromatic N) is 2. The van der Waals surface area contributed by atoms with Crippen molar-refractivity contribution in [3.63, 3.8) is 0 Å². The number of H-pyrrole nitrogens is 1. The molecule has 0 radical (unpaired) electrons. The highest BCUT2D eigenvalue weighted by molar-refractivity contribution is 5.74. The van der Waals surface area contributed by atoms with Crippen molar-refractivity contribution in [2.75, 3.05) is 0 Å². The van der Waals surface area contributed by atoms with Gasteiger partial charge >= 0.3 is 0 Å². The van der Waals surface area contributed by atoms with E-state index in [1.165, 1.54) is 12.1 Å². The van der Waals surface area contributed by atoms with Crippen LogP contribution in [0.25, 0.3) is 11.2 Å². The summed E-state index contributed by atoms with van der Waals surface area (Å²) in [4.78, 5) is 11.6. The van der Waals surface area contributed by atoms with Gasteiger partial charge < -0.3 is 4.98 Å². The quantitative estimate of drug-likeness (QED) is 0.768. The van der Waals surface area contributed by atoms with Crippen LogP contribution >= 0.6 is 0 Å². The van der Waals surface area contributed by atoms with Gasteiger partial charge in [-0.1, -0.05) is 6.07 Å². The van der Waals surface area contributed by atoms with Gasteiger partial charge in [0.25, 0.3) is 0 Å². The number of aromatic amines is 1. The fourth-order valence-electron chi connectivity index (χ4n) is 2.01. The van der Waals surface area contributed by atoms with Gasteiger partial charge in [0.2, 0.25) is 0 Å². The standard InChI is InChI=1S/C14H11F2N3/c1-8-4-5-17-14-13(8)18-12(19-14)6-9-2-3-10(15)7-11(9)16/h2-5,7H,6H2,1H3,(H,17,18,19). The number of hydrogen-bond donors (Lipinski definition) is 1. The average molecular weight is 259 g/mol. The van der Waals surface area contributed by atoms with Gasteiger partial charge in [-0.15, -0.1) is 0 Å². The Bertz CT molecular complexity index is 750. The minimum atomic E-state index is -0.580. The summed E-state index contributed by atoms with van der Waals surface area (Å²) in [6.07, 6.45) is 1.96. The van der Waals surface area contributed by atoms with E-state index >= 15 is 0 Å². The number of pyridine rings is 1. The molecule has 0 bridgehead atoms. The molecule has 0 saturated carbocycles. The Morgan fingerprint density at radius 1 is 1.21 bits per heavy atom. The molecule has 0 unspecified atom stereocenters.